The number of hydrogen-bond acceptors (Lipinski definition) is 16. The first kappa shape index (κ1) is 66.8. The van der Waals surface area contributed by atoms with Crippen molar-refractivity contribution in [3.63, 3.8) is 0 Å². The summed E-state index contributed by atoms with van der Waals surface area (Å²) >= 11 is 0. The Morgan fingerprint density at radius 1 is 0.793 bits per heavy atom. The number of ketones is 2. The third-order valence-electron chi connectivity index (χ3n) is 16.3. The average molecular weight is 1200 g/mol. The van der Waals surface area contributed by atoms with Gasteiger partial charge in [-0.15, -0.1) is 0 Å². The number of ether oxygens (including phenoxy) is 3. The van der Waals surface area contributed by atoms with Crippen molar-refractivity contribution in [2.24, 2.45) is 54.4 Å². The predicted molar refractivity (Wildman–Crippen MR) is 326 cm³/mol. The number of amides is 2. The van der Waals surface area contributed by atoms with Gasteiger partial charge in [0.1, 0.15) is 5.92 Å². The minimum absolute atomic E-state index is 0.0365. The molecule has 0 spiro atoms. The van der Waals surface area contributed by atoms with Crippen molar-refractivity contribution >= 4 is 101 Å². The van der Waals surface area contributed by atoms with E-state index in [-0.39, 0.29) is 82.4 Å². The number of fused-ring (bicyclic) bond motifs is 9. The molecule has 5 unspecified atom stereocenters. The van der Waals surface area contributed by atoms with Gasteiger partial charge in [0, 0.05) is 79.3 Å². The summed E-state index contributed by atoms with van der Waals surface area (Å²) in [5.41, 5.74) is 23.8. The zero-order valence-corrected chi connectivity index (χ0v) is 50.5. The number of esters is 3. The molecular formula is C62H79N11O14. The number of rotatable bonds is 29. The van der Waals surface area contributed by atoms with Crippen LogP contribution in [0.25, 0.3) is 24.3 Å². The Hall–Kier alpha value is -9.29. The van der Waals surface area contributed by atoms with E-state index in [4.69, 9.17) is 41.4 Å². The highest BCUT2D eigenvalue weighted by Gasteiger charge is 2.55. The molecule has 87 heavy (non-hydrogen) atoms. The van der Waals surface area contributed by atoms with Crippen LogP contribution in [0.3, 0.4) is 0 Å². The van der Waals surface area contributed by atoms with Crippen LogP contribution >= 0.6 is 0 Å². The van der Waals surface area contributed by atoms with E-state index in [0.29, 0.717) is 44.9 Å². The van der Waals surface area contributed by atoms with Gasteiger partial charge in [0.15, 0.2) is 17.5 Å². The Morgan fingerprint density at radius 3 is 2.11 bits per heavy atom. The molecule has 12 N–H and O–H groups in total. The highest BCUT2D eigenvalue weighted by molar-refractivity contribution is 6.25. The number of methoxy groups -OCH3 is 3. The molecule has 0 fully saturated rings. The van der Waals surface area contributed by atoms with Crippen LogP contribution in [0.2, 0.25) is 0 Å². The summed E-state index contributed by atoms with van der Waals surface area (Å²) in [7, 11) is 3.80. The van der Waals surface area contributed by atoms with Gasteiger partial charge in [0.2, 0.25) is 11.8 Å². The molecule has 3 aliphatic heterocycles. The molecule has 8 bridgehead atoms. The number of aliphatic imine (C=N–C) groups is 4. The van der Waals surface area contributed by atoms with E-state index >= 15 is 0 Å². The Morgan fingerprint density at radius 2 is 1.47 bits per heavy atom. The number of carbonyl (C=O) groups is 9. The maximum atomic E-state index is 14.2. The van der Waals surface area contributed by atoms with Crippen molar-refractivity contribution < 1.29 is 67.6 Å². The van der Waals surface area contributed by atoms with E-state index in [1.807, 2.05) is 45.9 Å². The zero-order valence-electron chi connectivity index (χ0n) is 50.5. The summed E-state index contributed by atoms with van der Waals surface area (Å²) < 4.78 is 15.6. The maximum absolute atomic E-state index is 14.2. The minimum atomic E-state index is -1.58. The van der Waals surface area contributed by atoms with Crippen LogP contribution < -0.4 is 38.5 Å². The molecule has 25 nitrogen and oxygen atoms in total. The summed E-state index contributed by atoms with van der Waals surface area (Å²) in [6.45, 7) is 13.6. The summed E-state index contributed by atoms with van der Waals surface area (Å²) in [4.78, 5) is 145. The Kier molecular flexibility index (Phi) is 22.8. The number of nitrogens with one attached hydrogen (secondary N) is 4. The van der Waals surface area contributed by atoms with Crippen molar-refractivity contribution in [2.45, 2.75) is 136 Å². The van der Waals surface area contributed by atoms with Crippen molar-refractivity contribution in [2.75, 3.05) is 34.4 Å². The molecule has 2 amide bonds. The third-order valence-corrected chi connectivity index (χ3v) is 16.3. The number of aliphatic carboxylic acids is 2. The first-order chi connectivity index (χ1) is 41.3. The van der Waals surface area contributed by atoms with Crippen molar-refractivity contribution in [1.29, 1.82) is 0 Å². The lowest BCUT2D eigenvalue weighted by molar-refractivity contribution is -0.150. The number of allylic oxidation sites excluding steroid dienone is 4. The first-order valence-corrected chi connectivity index (χ1v) is 28.7. The average Bonchev–Trinajstić information content (AvgIpc) is 1.64. The molecule has 0 saturated heterocycles. The topological polar surface area (TPSA) is 405 Å². The number of aromatic amines is 2. The number of Topliss-reactive ketones (excluding diaryl/α,β-unsaturated/α-hetero) is 2. The third kappa shape index (κ3) is 16.2. The van der Waals surface area contributed by atoms with Crippen LogP contribution in [-0.4, -0.2) is 149 Å². The summed E-state index contributed by atoms with van der Waals surface area (Å²) in [6, 6.07) is -3.28. The highest BCUT2D eigenvalue weighted by Crippen LogP contribution is 2.54. The summed E-state index contributed by atoms with van der Waals surface area (Å²) in [5.74, 6) is -9.46. The van der Waals surface area contributed by atoms with Crippen LogP contribution in [0.15, 0.2) is 66.7 Å². The van der Waals surface area contributed by atoms with Gasteiger partial charge in [-0.3, -0.25) is 58.3 Å². The van der Waals surface area contributed by atoms with Crippen LogP contribution in [-0.2, 0) is 70.2 Å². The number of nitrogens with zero attached hydrogens (tertiary/aromatic N) is 4. The SMILES string of the molecule is C=Cc1c(C)/c2[nH]c1=CC1=NC(Cc3[nH]c(c(C)c3CCC(=O)OC)/C=C3N=C(\C=2)C2=CC=C(C(=O)OC)C(C(=O)OC)C2\3C)C(CCC(=O)NC(CCCN=C(N)N)C(=O)CCC(=O)NC(CC(=O)O)C(=O)C[C@@H](CCCN=C(C)N)C(=O)O)=C1C. The molecule has 25 heteroatoms. The second-order valence-electron chi connectivity index (χ2n) is 22.1. The molecule has 2 aromatic heterocycles. The quantitative estimate of drug-likeness (QED) is 0.0186. The molecule has 1 aliphatic carbocycles. The molecule has 2 aromatic rings. The smallest absolute Gasteiger partial charge is 0.334 e. The number of nitrogens with two attached hydrogens (primary N) is 3. The number of carboxylic acids is 2. The first-order valence-electron chi connectivity index (χ1n) is 28.7. The fourth-order valence-electron chi connectivity index (χ4n) is 11.6. The van der Waals surface area contributed by atoms with Crippen LogP contribution in [0.5, 0.6) is 0 Å². The minimum Gasteiger partial charge on any atom is -0.481 e. The van der Waals surface area contributed by atoms with Gasteiger partial charge in [-0.2, -0.15) is 0 Å². The number of H-pyrrole nitrogens is 2. The van der Waals surface area contributed by atoms with E-state index in [2.05, 4.69) is 37.2 Å². The maximum Gasteiger partial charge on any atom is 0.334 e. The van der Waals surface area contributed by atoms with Crippen molar-refractivity contribution in [3.8, 4) is 0 Å². The van der Waals surface area contributed by atoms with Gasteiger partial charge < -0.3 is 62.2 Å². The van der Waals surface area contributed by atoms with Crippen molar-refractivity contribution in [3.05, 3.63) is 91.1 Å². The largest absolute Gasteiger partial charge is 0.481 e. The Balaban J connectivity index is 1.32. The van der Waals surface area contributed by atoms with E-state index < -0.39 is 114 Å². The van der Waals surface area contributed by atoms with Gasteiger partial charge in [-0.25, -0.2) is 4.79 Å². The van der Waals surface area contributed by atoms with E-state index in [1.54, 1.807) is 25.2 Å². The Labute approximate surface area is 503 Å². The molecule has 0 saturated carbocycles. The molecule has 6 atom stereocenters. The molecule has 0 radical (unpaired) electrons. The summed E-state index contributed by atoms with van der Waals surface area (Å²) in [5, 5.41) is 26.0. The van der Waals surface area contributed by atoms with Crippen molar-refractivity contribution in [1.82, 2.24) is 20.6 Å². The number of carboxylic acid groups (broad SMARTS) is 2. The van der Waals surface area contributed by atoms with Crippen LogP contribution in [0.1, 0.15) is 125 Å². The second kappa shape index (κ2) is 29.7. The fourth-order valence-corrected chi connectivity index (χ4v) is 11.6. The lowest BCUT2D eigenvalue weighted by Crippen LogP contribution is -2.44. The number of aromatic nitrogens is 2. The van der Waals surface area contributed by atoms with Crippen LogP contribution in [0, 0.1) is 31.1 Å². The van der Waals surface area contributed by atoms with Gasteiger partial charge in [-0.1, -0.05) is 24.8 Å². The molecule has 0 aromatic carbocycles. The monoisotopic (exact) mass is 1200 g/mol. The highest BCUT2D eigenvalue weighted by atomic mass is 16.5. The zero-order chi connectivity index (χ0) is 64.0. The molecule has 4 aliphatic rings. The molecule has 466 valence electrons. The lowest BCUT2D eigenvalue weighted by atomic mass is 9.64. The molecular weight excluding hydrogens is 1120 g/mol. The number of hydrogen-bond donors (Lipinski definition) is 9. The normalized spacial score (nSPS) is 19.7. The van der Waals surface area contributed by atoms with Gasteiger partial charge in [0.05, 0.1) is 85.7 Å². The standard InChI is InChI=1S/C62H79N11O14/c1-10-36-31(2)43-27-48-40-18-15-39(59(83)86-8)57(60(84)87-9)62(40,6)52(71-48)29-44-33(4)38(17-22-56(80)85-7)47(70-44)28-46-37(32(3)42(69-46)26-45(36)68-43)16-20-53(76)72-41(14-12-24-67-61(64)65)50(74)19-21-54(77)73-49(30-55(78)79)51(75)25-35(58(81)82)13-11-23-66-34(5)63/h10,15,18,26-27,29,35,41,46,49,57,68,70H,1,11-14,16-17,19-25,28,30H2,2-9H3,(H2,63,66)(H,72,76)(H,73,77)(H,78,79)(H,81,82)(H4,64,65,67)/b43-27-,45-26?,52-29-/t35-,41?,46?,49?,57?,62?/m1/s1. The van der Waals surface area contributed by atoms with E-state index in [1.165, 1.54) is 21.3 Å². The fraction of sp³-hybridized carbons (Fsp3) is 0.468. The van der Waals surface area contributed by atoms with E-state index in [9.17, 15) is 53.4 Å². The van der Waals surface area contributed by atoms with Gasteiger partial charge in [0.25, 0.3) is 0 Å². The van der Waals surface area contributed by atoms with Crippen LogP contribution in [0.4, 0.5) is 0 Å². The van der Waals surface area contributed by atoms with E-state index in [0.717, 1.165) is 39.1 Å². The molecule has 6 rings (SSSR count). The lowest BCUT2D eigenvalue weighted by Gasteiger charge is -2.37. The Bertz CT molecular complexity index is 3510. The second-order valence-corrected chi connectivity index (χ2v) is 22.1. The number of amidine groups is 1. The number of guanidine groups is 1. The van der Waals surface area contributed by atoms with Gasteiger partial charge >= 0.3 is 29.8 Å². The number of carbonyl (C=O) groups excluding carboxylic acids is 7. The summed E-state index contributed by atoms with van der Waals surface area (Å²) in [6.07, 6.45) is 9.63. The van der Waals surface area contributed by atoms with Gasteiger partial charge in [-0.05, 0) is 125 Å². The predicted octanol–water partition coefficient (Wildman–Crippen LogP) is 2.74. The molecule has 5 heterocycles.